The summed E-state index contributed by atoms with van der Waals surface area (Å²) in [5.41, 5.74) is 1.02. The van der Waals surface area contributed by atoms with Gasteiger partial charge in [-0.3, -0.25) is 0 Å². The molecule has 3 nitrogen and oxygen atoms in total. The Morgan fingerprint density at radius 1 is 1.25 bits per heavy atom. The van der Waals surface area contributed by atoms with Gasteiger partial charge in [-0.2, -0.15) is 0 Å². The summed E-state index contributed by atoms with van der Waals surface area (Å²) in [5.74, 6) is 5.18. The monoisotopic (exact) mass is 245 g/mol. The molecule has 0 fully saturated rings. The molecule has 80 valence electrons. The molecule has 1 rings (SSSR count). The van der Waals surface area contributed by atoms with Gasteiger partial charge in [-0.1, -0.05) is 24.2 Å². The Labute approximate surface area is 119 Å². The van der Waals surface area contributed by atoms with E-state index in [4.69, 9.17) is 0 Å². The van der Waals surface area contributed by atoms with Crippen LogP contribution in [0.15, 0.2) is 29.2 Å². The molecule has 0 atom stereocenters. The molecule has 0 saturated carbocycles. The molecule has 0 aliphatic heterocycles. The molecule has 1 aromatic rings. The van der Waals surface area contributed by atoms with E-state index in [1.807, 2.05) is 6.92 Å². The zero-order valence-electron chi connectivity index (χ0n) is 9.69. The third-order valence-corrected chi connectivity index (χ3v) is 3.15. The molecule has 0 radical (unpaired) electrons. The third-order valence-electron chi connectivity index (χ3n) is 1.81. The van der Waals surface area contributed by atoms with Gasteiger partial charge in [0.25, 0.3) is 0 Å². The SMILES string of the molecule is CC#CC[N-]S(=O)(=O)c1ccc(C)cc1.[Na+]. The van der Waals surface area contributed by atoms with Gasteiger partial charge in [0, 0.05) is 4.90 Å². The molecular formula is C11H12NNaO2S. The molecule has 16 heavy (non-hydrogen) atoms. The molecule has 0 unspecified atom stereocenters. The van der Waals surface area contributed by atoms with Crippen molar-refractivity contribution in [2.75, 3.05) is 6.54 Å². The van der Waals surface area contributed by atoms with Gasteiger partial charge in [0.1, 0.15) is 10.0 Å². The molecule has 0 aromatic heterocycles. The van der Waals surface area contributed by atoms with E-state index >= 15 is 0 Å². The maximum atomic E-state index is 11.6. The van der Waals surface area contributed by atoms with Crippen LogP contribution in [-0.2, 0) is 10.0 Å². The summed E-state index contributed by atoms with van der Waals surface area (Å²) >= 11 is 0. The summed E-state index contributed by atoms with van der Waals surface area (Å²) in [6, 6.07) is 6.59. The average Bonchev–Trinajstić information content (AvgIpc) is 2.18. The van der Waals surface area contributed by atoms with Gasteiger partial charge in [0.2, 0.25) is 0 Å². The molecule has 0 aliphatic carbocycles. The second kappa shape index (κ2) is 7.10. The number of nitrogens with zero attached hydrogens (tertiary/aromatic N) is 1. The minimum Gasteiger partial charge on any atom is -0.534 e. The summed E-state index contributed by atoms with van der Waals surface area (Å²) in [7, 11) is -3.53. The fourth-order valence-corrected chi connectivity index (χ4v) is 1.84. The molecule has 0 bridgehead atoms. The number of aryl methyl sites for hydroxylation is 1. The first kappa shape index (κ1) is 15.7. The van der Waals surface area contributed by atoms with Gasteiger partial charge >= 0.3 is 29.6 Å². The predicted molar refractivity (Wildman–Crippen MR) is 60.0 cm³/mol. The fraction of sp³-hybridized carbons (Fsp3) is 0.273. The van der Waals surface area contributed by atoms with Crippen molar-refractivity contribution >= 4 is 10.0 Å². The van der Waals surface area contributed by atoms with Crippen LogP contribution in [0.25, 0.3) is 4.72 Å². The average molecular weight is 245 g/mol. The van der Waals surface area contributed by atoms with E-state index in [2.05, 4.69) is 16.6 Å². The van der Waals surface area contributed by atoms with Crippen molar-refractivity contribution in [3.63, 3.8) is 0 Å². The number of sulfonamides is 1. The zero-order chi connectivity index (χ0) is 11.3. The van der Waals surface area contributed by atoms with Crippen LogP contribution in [0.4, 0.5) is 0 Å². The summed E-state index contributed by atoms with van der Waals surface area (Å²) in [6.45, 7) is 3.57. The topological polar surface area (TPSA) is 48.2 Å². The van der Waals surface area contributed by atoms with Crippen molar-refractivity contribution in [2.24, 2.45) is 0 Å². The minimum atomic E-state index is -3.53. The van der Waals surface area contributed by atoms with Crippen LogP contribution in [0.3, 0.4) is 0 Å². The van der Waals surface area contributed by atoms with Crippen LogP contribution in [0.2, 0.25) is 0 Å². The van der Waals surface area contributed by atoms with Crippen molar-refractivity contribution in [3.8, 4) is 11.8 Å². The molecule has 0 saturated heterocycles. The molecule has 0 N–H and O–H groups in total. The van der Waals surface area contributed by atoms with Crippen LogP contribution >= 0.6 is 0 Å². The van der Waals surface area contributed by atoms with Crippen LogP contribution in [-0.4, -0.2) is 15.0 Å². The Morgan fingerprint density at radius 3 is 2.31 bits per heavy atom. The molecule has 1 aromatic carbocycles. The zero-order valence-corrected chi connectivity index (χ0v) is 12.5. The summed E-state index contributed by atoms with van der Waals surface area (Å²) in [4.78, 5) is 0.214. The van der Waals surface area contributed by atoms with Crippen molar-refractivity contribution in [3.05, 3.63) is 34.6 Å². The summed E-state index contributed by atoms with van der Waals surface area (Å²) in [6.07, 6.45) is 0. The number of hydrogen-bond acceptors (Lipinski definition) is 2. The maximum Gasteiger partial charge on any atom is 1.00 e. The second-order valence-corrected chi connectivity index (χ2v) is 4.68. The Hall–Kier alpha value is -0.310. The largest absolute Gasteiger partial charge is 1.00 e. The van der Waals surface area contributed by atoms with E-state index in [9.17, 15) is 8.42 Å². The molecule has 5 heteroatoms. The van der Waals surface area contributed by atoms with Gasteiger partial charge < -0.3 is 4.72 Å². The standard InChI is InChI=1S/C11H12NO2S.Na/c1-3-4-9-12-15(13,14)11-7-5-10(2)6-8-11;/h5-8H,9H2,1-2H3;/q-1;+1. The summed E-state index contributed by atoms with van der Waals surface area (Å²) < 4.78 is 26.7. The van der Waals surface area contributed by atoms with Gasteiger partial charge in [-0.25, -0.2) is 8.42 Å². The van der Waals surface area contributed by atoms with E-state index in [1.54, 1.807) is 31.2 Å². The quantitative estimate of drug-likeness (QED) is 0.511. The van der Waals surface area contributed by atoms with Crippen molar-refractivity contribution in [1.29, 1.82) is 0 Å². The molecule has 0 amide bonds. The first-order chi connectivity index (χ1) is 7.06. The van der Waals surface area contributed by atoms with Crippen molar-refractivity contribution in [2.45, 2.75) is 18.7 Å². The van der Waals surface area contributed by atoms with E-state index < -0.39 is 10.0 Å². The Balaban J connectivity index is 0.00000225. The fourth-order valence-electron chi connectivity index (χ4n) is 0.981. The van der Waals surface area contributed by atoms with Gasteiger partial charge in [-0.15, -0.1) is 11.8 Å². The van der Waals surface area contributed by atoms with Crippen LogP contribution in [0.5, 0.6) is 0 Å². The van der Waals surface area contributed by atoms with Gasteiger partial charge in [0.15, 0.2) is 0 Å². The van der Waals surface area contributed by atoms with Gasteiger partial charge in [0.05, 0.1) is 0 Å². The second-order valence-electron chi connectivity index (χ2n) is 3.00. The van der Waals surface area contributed by atoms with Crippen LogP contribution in [0, 0.1) is 18.8 Å². The van der Waals surface area contributed by atoms with Crippen LogP contribution in [0.1, 0.15) is 12.5 Å². The predicted octanol–water partition coefficient (Wildman–Crippen LogP) is -0.915. The van der Waals surface area contributed by atoms with Crippen LogP contribution < -0.4 is 29.6 Å². The Bertz CT molecular complexity index is 483. The van der Waals surface area contributed by atoms with E-state index in [1.165, 1.54) is 0 Å². The van der Waals surface area contributed by atoms with E-state index in [0.717, 1.165) is 5.56 Å². The Morgan fingerprint density at radius 2 is 1.81 bits per heavy atom. The number of rotatable bonds is 3. The maximum absolute atomic E-state index is 11.6. The molecule has 0 aliphatic rings. The van der Waals surface area contributed by atoms with Gasteiger partial charge in [-0.05, 0) is 26.0 Å². The van der Waals surface area contributed by atoms with Crippen molar-refractivity contribution in [1.82, 2.24) is 0 Å². The smallest absolute Gasteiger partial charge is 0.534 e. The Kier molecular flexibility index (Phi) is 6.96. The first-order valence-electron chi connectivity index (χ1n) is 4.46. The first-order valence-corrected chi connectivity index (χ1v) is 5.90. The molecule has 0 spiro atoms. The summed E-state index contributed by atoms with van der Waals surface area (Å²) in [5, 5.41) is 0. The molecule has 0 heterocycles. The number of hydrogen-bond donors (Lipinski definition) is 0. The third kappa shape index (κ3) is 4.69. The normalized spacial score (nSPS) is 9.88. The van der Waals surface area contributed by atoms with Crippen molar-refractivity contribution < 1.29 is 38.0 Å². The van der Waals surface area contributed by atoms with E-state index in [0.29, 0.717) is 0 Å². The minimum absolute atomic E-state index is 0. The van der Waals surface area contributed by atoms with E-state index in [-0.39, 0.29) is 41.0 Å². The molecular weight excluding hydrogens is 233 g/mol. The number of benzene rings is 1.